The minimum atomic E-state index is -0.415. The van der Waals surface area contributed by atoms with Crippen molar-refractivity contribution in [2.45, 2.75) is 13.5 Å². The molecular weight excluding hydrogens is 438 g/mol. The van der Waals surface area contributed by atoms with Gasteiger partial charge in [0.15, 0.2) is 16.2 Å². The molecule has 3 heterocycles. The van der Waals surface area contributed by atoms with Gasteiger partial charge in [-0.2, -0.15) is 10.2 Å². The second-order valence-electron chi connectivity index (χ2n) is 7.69. The molecule has 0 amide bonds. The quantitative estimate of drug-likeness (QED) is 0.230. The van der Waals surface area contributed by atoms with Crippen LogP contribution in [0.1, 0.15) is 11.3 Å². The van der Waals surface area contributed by atoms with Crippen LogP contribution in [-0.4, -0.2) is 34.5 Å². The van der Waals surface area contributed by atoms with Crippen LogP contribution >= 0.6 is 12.2 Å². The molecule has 2 aromatic carbocycles. The van der Waals surface area contributed by atoms with Crippen LogP contribution in [0.5, 0.6) is 0 Å². The fourth-order valence-corrected chi connectivity index (χ4v) is 4.18. The number of rotatable bonds is 5. The Bertz CT molecular complexity index is 1570. The molecule has 0 radical (unpaired) electrons. The summed E-state index contributed by atoms with van der Waals surface area (Å²) in [5.41, 5.74) is 4.58. The van der Waals surface area contributed by atoms with Crippen molar-refractivity contribution in [3.63, 3.8) is 0 Å². The van der Waals surface area contributed by atoms with E-state index in [1.807, 2.05) is 54.9 Å². The second-order valence-corrected chi connectivity index (χ2v) is 8.08. The third kappa shape index (κ3) is 3.70. The van der Waals surface area contributed by atoms with E-state index in [9.17, 15) is 10.1 Å². The van der Waals surface area contributed by atoms with Crippen LogP contribution < -0.4 is 0 Å². The number of nitrogens with one attached hydrogen (secondary N) is 1. The first-order valence-corrected chi connectivity index (χ1v) is 10.6. The summed E-state index contributed by atoms with van der Waals surface area (Å²) in [5.74, 6) is 0.652. The van der Waals surface area contributed by atoms with Gasteiger partial charge in [0.25, 0.3) is 5.69 Å². The van der Waals surface area contributed by atoms with Crippen LogP contribution in [0.4, 0.5) is 5.69 Å². The van der Waals surface area contributed by atoms with Gasteiger partial charge in [-0.15, -0.1) is 0 Å². The van der Waals surface area contributed by atoms with Gasteiger partial charge in [0.05, 0.1) is 28.2 Å². The van der Waals surface area contributed by atoms with Crippen LogP contribution in [0.25, 0.3) is 33.7 Å². The average Bonchev–Trinajstić information content (AvgIpc) is 3.32. The summed E-state index contributed by atoms with van der Waals surface area (Å²) in [6.07, 6.45) is 0. The first kappa shape index (κ1) is 20.7. The van der Waals surface area contributed by atoms with Crippen molar-refractivity contribution in [1.82, 2.24) is 29.5 Å². The minimum absolute atomic E-state index is 0.00360. The molecule has 10 heteroatoms. The third-order valence-corrected chi connectivity index (χ3v) is 5.82. The van der Waals surface area contributed by atoms with Gasteiger partial charge in [0, 0.05) is 30.3 Å². The number of aryl methyl sites for hydroxylation is 2. The highest BCUT2D eigenvalue weighted by atomic mass is 32.1. The molecule has 1 N–H and O–H groups in total. The average molecular weight is 458 g/mol. The van der Waals surface area contributed by atoms with Crippen molar-refractivity contribution < 1.29 is 4.92 Å². The maximum Gasteiger partial charge on any atom is 0.270 e. The number of nitrogens with zero attached hydrogens (tertiary/aromatic N) is 6. The van der Waals surface area contributed by atoms with Gasteiger partial charge in [-0.05, 0) is 30.8 Å². The number of aromatic amines is 1. The molecule has 0 bridgehead atoms. The smallest absolute Gasteiger partial charge is 0.270 e. The summed E-state index contributed by atoms with van der Waals surface area (Å²) in [7, 11) is 1.82. The second kappa shape index (κ2) is 8.06. The van der Waals surface area contributed by atoms with Crippen molar-refractivity contribution in [2.75, 3.05) is 0 Å². The molecular formula is C23H19N7O2S. The molecule has 0 saturated heterocycles. The van der Waals surface area contributed by atoms with Crippen LogP contribution in [0.2, 0.25) is 0 Å². The maximum absolute atomic E-state index is 11.3. The van der Waals surface area contributed by atoms with Crippen LogP contribution in [-0.2, 0) is 13.6 Å². The number of non-ortho nitro benzene ring substituents is 1. The Kier molecular flexibility index (Phi) is 5.06. The van der Waals surface area contributed by atoms with Gasteiger partial charge in [0.2, 0.25) is 0 Å². The van der Waals surface area contributed by atoms with Crippen molar-refractivity contribution in [1.29, 1.82) is 0 Å². The van der Waals surface area contributed by atoms with E-state index in [0.29, 0.717) is 34.0 Å². The van der Waals surface area contributed by atoms with E-state index in [0.717, 1.165) is 22.2 Å². The lowest BCUT2D eigenvalue weighted by atomic mass is 10.0. The topological polar surface area (TPSA) is 107 Å². The third-order valence-electron chi connectivity index (χ3n) is 5.50. The van der Waals surface area contributed by atoms with Gasteiger partial charge in [-0.25, -0.2) is 4.98 Å². The predicted octanol–water partition coefficient (Wildman–Crippen LogP) is 4.82. The number of fused-ring (bicyclic) bond motifs is 1. The summed E-state index contributed by atoms with van der Waals surface area (Å²) in [4.78, 5) is 15.7. The predicted molar refractivity (Wildman–Crippen MR) is 127 cm³/mol. The van der Waals surface area contributed by atoms with E-state index in [4.69, 9.17) is 17.2 Å². The van der Waals surface area contributed by atoms with Crippen LogP contribution in [0, 0.1) is 21.8 Å². The molecule has 5 aromatic rings. The number of nitro benzene ring substituents is 1. The molecule has 0 aliphatic carbocycles. The summed E-state index contributed by atoms with van der Waals surface area (Å²) in [6, 6.07) is 18.3. The van der Waals surface area contributed by atoms with Gasteiger partial charge >= 0.3 is 0 Å². The summed E-state index contributed by atoms with van der Waals surface area (Å²) >= 11 is 5.54. The standard InChI is InChI=1S/C23H19N7O2S/c1-14-20-18(21-25-26-23(33)29(21)13-15-7-4-3-5-8-15)12-19(24-22(20)28(2)27-14)16-9-6-10-17(11-16)30(31)32/h3-12H,13H2,1-2H3,(H,26,33). The zero-order chi connectivity index (χ0) is 23.1. The highest BCUT2D eigenvalue weighted by molar-refractivity contribution is 7.71. The Morgan fingerprint density at radius 1 is 1.12 bits per heavy atom. The van der Waals surface area contributed by atoms with Gasteiger partial charge in [0.1, 0.15) is 0 Å². The van der Waals surface area contributed by atoms with Gasteiger partial charge < -0.3 is 0 Å². The fraction of sp³-hybridized carbons (Fsp3) is 0.130. The largest absolute Gasteiger partial charge is 0.296 e. The summed E-state index contributed by atoms with van der Waals surface area (Å²) in [6.45, 7) is 2.46. The molecule has 0 atom stereocenters. The van der Waals surface area contributed by atoms with E-state index >= 15 is 0 Å². The zero-order valence-corrected chi connectivity index (χ0v) is 18.7. The fourth-order valence-electron chi connectivity index (χ4n) is 3.98. The summed E-state index contributed by atoms with van der Waals surface area (Å²) < 4.78 is 4.14. The number of hydrogen-bond acceptors (Lipinski definition) is 6. The number of nitro groups is 1. The number of aromatic nitrogens is 6. The van der Waals surface area contributed by atoms with Crippen molar-refractivity contribution in [3.05, 3.63) is 86.8 Å². The molecule has 33 heavy (non-hydrogen) atoms. The lowest BCUT2D eigenvalue weighted by Crippen LogP contribution is -2.03. The molecule has 0 aliphatic heterocycles. The van der Waals surface area contributed by atoms with Crippen molar-refractivity contribution >= 4 is 28.9 Å². The first-order chi connectivity index (χ1) is 15.9. The Balaban J connectivity index is 1.75. The monoisotopic (exact) mass is 457 g/mol. The van der Waals surface area contributed by atoms with E-state index in [1.165, 1.54) is 12.1 Å². The van der Waals surface area contributed by atoms with E-state index in [1.54, 1.807) is 16.8 Å². The molecule has 3 aromatic heterocycles. The summed E-state index contributed by atoms with van der Waals surface area (Å²) in [5, 5.41) is 24.2. The molecule has 0 spiro atoms. The SMILES string of the molecule is Cc1nn(C)c2nc(-c3cccc([N+](=O)[O-])c3)cc(-c3n[nH]c(=S)n3Cc3ccccc3)c12. The van der Waals surface area contributed by atoms with Crippen molar-refractivity contribution in [2.24, 2.45) is 7.05 Å². The molecule has 0 saturated carbocycles. The first-order valence-electron chi connectivity index (χ1n) is 10.2. The van der Waals surface area contributed by atoms with Crippen LogP contribution in [0.3, 0.4) is 0 Å². The minimum Gasteiger partial charge on any atom is -0.296 e. The Labute approximate surface area is 193 Å². The Morgan fingerprint density at radius 3 is 2.67 bits per heavy atom. The molecule has 0 aliphatic rings. The number of hydrogen-bond donors (Lipinski definition) is 1. The Hall–Kier alpha value is -4.18. The lowest BCUT2D eigenvalue weighted by Gasteiger charge is -2.11. The highest BCUT2D eigenvalue weighted by Crippen LogP contribution is 2.34. The molecule has 5 rings (SSSR count). The normalized spacial score (nSPS) is 11.2. The zero-order valence-electron chi connectivity index (χ0n) is 17.9. The maximum atomic E-state index is 11.3. The van der Waals surface area contributed by atoms with Gasteiger partial charge in [-0.3, -0.25) is 24.5 Å². The number of benzene rings is 2. The molecule has 0 unspecified atom stereocenters. The van der Waals surface area contributed by atoms with E-state index in [-0.39, 0.29) is 5.69 Å². The molecule has 0 fully saturated rings. The van der Waals surface area contributed by atoms with Crippen molar-refractivity contribution in [3.8, 4) is 22.6 Å². The molecule has 9 nitrogen and oxygen atoms in total. The highest BCUT2D eigenvalue weighted by Gasteiger charge is 2.20. The lowest BCUT2D eigenvalue weighted by molar-refractivity contribution is -0.384. The molecule has 164 valence electrons. The number of pyridine rings is 1. The van der Waals surface area contributed by atoms with E-state index in [2.05, 4.69) is 15.3 Å². The van der Waals surface area contributed by atoms with Crippen LogP contribution in [0.15, 0.2) is 60.7 Å². The van der Waals surface area contributed by atoms with E-state index < -0.39 is 4.92 Å². The Morgan fingerprint density at radius 2 is 1.91 bits per heavy atom. The van der Waals surface area contributed by atoms with Gasteiger partial charge in [-0.1, -0.05) is 42.5 Å². The number of H-pyrrole nitrogens is 1.